The Morgan fingerprint density at radius 1 is 1.16 bits per heavy atom. The highest BCUT2D eigenvalue weighted by atomic mass is 32.1. The van der Waals surface area contributed by atoms with Crippen molar-refractivity contribution in [3.63, 3.8) is 0 Å². The van der Waals surface area contributed by atoms with E-state index in [0.29, 0.717) is 16.8 Å². The van der Waals surface area contributed by atoms with Crippen molar-refractivity contribution in [2.45, 2.75) is 32.1 Å². The molecule has 3 nitrogen and oxygen atoms in total. The minimum absolute atomic E-state index is 0.253. The lowest BCUT2D eigenvalue weighted by Gasteiger charge is -2.33. The van der Waals surface area contributed by atoms with Gasteiger partial charge in [-0.3, -0.25) is 4.79 Å². The minimum Gasteiger partial charge on any atom is -0.393 e. The van der Waals surface area contributed by atoms with Crippen molar-refractivity contribution in [2.24, 2.45) is 41.2 Å². The highest BCUT2D eigenvalue weighted by molar-refractivity contribution is 7.80. The molecule has 5 unspecified atom stereocenters. The molecule has 4 heteroatoms. The van der Waals surface area contributed by atoms with Crippen molar-refractivity contribution in [3.05, 3.63) is 0 Å². The number of thiocarbonyl (C=S) groups is 1. The molecular weight excluding hydrogens is 256 g/mol. The van der Waals surface area contributed by atoms with Crippen molar-refractivity contribution in [1.29, 1.82) is 0 Å². The topological polar surface area (TPSA) is 46.3 Å². The van der Waals surface area contributed by atoms with Gasteiger partial charge in [0.05, 0.1) is 4.99 Å². The van der Waals surface area contributed by atoms with Crippen LogP contribution >= 0.6 is 12.2 Å². The second kappa shape index (κ2) is 4.18. The fraction of sp³-hybridized carbons (Fsp3) is 0.867. The fourth-order valence-corrected chi connectivity index (χ4v) is 5.47. The molecule has 4 aliphatic rings. The third-order valence-electron chi connectivity index (χ3n) is 6.16. The van der Waals surface area contributed by atoms with E-state index in [1.165, 1.54) is 19.3 Å². The van der Waals surface area contributed by atoms with Gasteiger partial charge in [0, 0.05) is 24.9 Å². The summed E-state index contributed by atoms with van der Waals surface area (Å²) in [6.07, 6.45) is 6.29. The van der Waals surface area contributed by atoms with Gasteiger partial charge < -0.3 is 10.6 Å². The first-order valence-electron chi connectivity index (χ1n) is 7.75. The molecule has 0 aromatic rings. The van der Waals surface area contributed by atoms with Crippen molar-refractivity contribution in [2.75, 3.05) is 13.1 Å². The van der Waals surface area contributed by atoms with E-state index >= 15 is 0 Å². The number of carbonyl (C=O) groups excluding carboxylic acids is 1. The van der Waals surface area contributed by atoms with Gasteiger partial charge in [0.15, 0.2) is 0 Å². The molecule has 0 radical (unpaired) electrons. The Morgan fingerprint density at radius 3 is 2.47 bits per heavy atom. The van der Waals surface area contributed by atoms with Crippen LogP contribution in [-0.2, 0) is 4.79 Å². The number of piperidine rings is 1. The molecule has 2 bridgehead atoms. The number of hydrogen-bond acceptors (Lipinski definition) is 2. The summed E-state index contributed by atoms with van der Waals surface area (Å²) < 4.78 is 0. The van der Waals surface area contributed by atoms with Gasteiger partial charge >= 0.3 is 0 Å². The summed E-state index contributed by atoms with van der Waals surface area (Å²) in [4.78, 5) is 15.4. The quantitative estimate of drug-likeness (QED) is 0.784. The molecule has 2 N–H and O–H groups in total. The molecule has 0 aromatic carbocycles. The van der Waals surface area contributed by atoms with Crippen LogP contribution in [0.5, 0.6) is 0 Å². The van der Waals surface area contributed by atoms with Gasteiger partial charge in [0.2, 0.25) is 5.91 Å². The number of nitrogens with zero attached hydrogens (tertiary/aromatic N) is 1. The molecule has 1 saturated heterocycles. The molecule has 4 rings (SSSR count). The Bertz CT molecular complexity index is 422. The van der Waals surface area contributed by atoms with Crippen LogP contribution in [0.15, 0.2) is 0 Å². The predicted octanol–water partition coefficient (Wildman–Crippen LogP) is 1.80. The van der Waals surface area contributed by atoms with E-state index in [4.69, 9.17) is 18.0 Å². The Morgan fingerprint density at radius 2 is 1.84 bits per heavy atom. The Hall–Kier alpha value is -0.640. The minimum atomic E-state index is 0.253. The monoisotopic (exact) mass is 278 g/mol. The summed E-state index contributed by atoms with van der Waals surface area (Å²) in [5.41, 5.74) is 5.76. The molecular formula is C15H22N2OS. The van der Waals surface area contributed by atoms with Crippen LogP contribution in [0, 0.1) is 35.5 Å². The zero-order chi connectivity index (χ0) is 13.1. The maximum absolute atomic E-state index is 12.7. The molecule has 4 fully saturated rings. The van der Waals surface area contributed by atoms with Crippen LogP contribution in [0.3, 0.4) is 0 Å². The van der Waals surface area contributed by atoms with E-state index in [1.807, 2.05) is 0 Å². The molecule has 19 heavy (non-hydrogen) atoms. The Labute approximate surface area is 119 Å². The number of nitrogens with two attached hydrogens (primary N) is 1. The molecule has 1 aliphatic heterocycles. The normalized spacial score (nSPS) is 47.1. The first-order chi connectivity index (χ1) is 9.16. The average molecular weight is 278 g/mol. The predicted molar refractivity (Wildman–Crippen MR) is 77.4 cm³/mol. The van der Waals surface area contributed by atoms with Crippen LogP contribution in [0.2, 0.25) is 0 Å². The number of hydrogen-bond donors (Lipinski definition) is 1. The van der Waals surface area contributed by atoms with Crippen LogP contribution in [0.25, 0.3) is 0 Å². The highest BCUT2D eigenvalue weighted by Gasteiger charge is 2.68. The summed E-state index contributed by atoms with van der Waals surface area (Å²) in [5, 5.41) is 0. The fourth-order valence-electron chi connectivity index (χ4n) is 5.28. The molecule has 0 spiro atoms. The van der Waals surface area contributed by atoms with Gasteiger partial charge in [-0.2, -0.15) is 0 Å². The van der Waals surface area contributed by atoms with Crippen molar-refractivity contribution >= 4 is 23.1 Å². The molecule has 1 heterocycles. The molecule has 0 aromatic heterocycles. The average Bonchev–Trinajstić information content (AvgIpc) is 2.85. The van der Waals surface area contributed by atoms with Crippen LogP contribution in [0.1, 0.15) is 32.1 Å². The van der Waals surface area contributed by atoms with Crippen LogP contribution in [0.4, 0.5) is 0 Å². The summed E-state index contributed by atoms with van der Waals surface area (Å²) in [6.45, 7) is 1.70. The molecule has 5 atom stereocenters. The first-order valence-corrected chi connectivity index (χ1v) is 8.15. The third kappa shape index (κ3) is 1.75. The van der Waals surface area contributed by atoms with E-state index in [1.54, 1.807) is 0 Å². The lowest BCUT2D eigenvalue weighted by molar-refractivity contribution is -0.135. The van der Waals surface area contributed by atoms with E-state index in [2.05, 4.69) is 4.90 Å². The van der Waals surface area contributed by atoms with Gasteiger partial charge in [-0.15, -0.1) is 0 Å². The van der Waals surface area contributed by atoms with Gasteiger partial charge in [-0.05, 0) is 55.8 Å². The zero-order valence-corrected chi connectivity index (χ0v) is 12.1. The molecule has 3 saturated carbocycles. The van der Waals surface area contributed by atoms with Crippen LogP contribution in [-0.4, -0.2) is 28.9 Å². The van der Waals surface area contributed by atoms with Crippen molar-refractivity contribution < 1.29 is 4.79 Å². The Balaban J connectivity index is 1.43. The summed E-state index contributed by atoms with van der Waals surface area (Å²) in [5.74, 6) is 4.29. The van der Waals surface area contributed by atoms with E-state index in [-0.39, 0.29) is 5.92 Å². The van der Waals surface area contributed by atoms with E-state index in [9.17, 15) is 4.79 Å². The second-order valence-corrected chi connectivity index (χ2v) is 7.51. The van der Waals surface area contributed by atoms with Gasteiger partial charge in [-0.1, -0.05) is 12.2 Å². The highest BCUT2D eigenvalue weighted by Crippen LogP contribution is 2.69. The summed E-state index contributed by atoms with van der Waals surface area (Å²) >= 11 is 5.10. The largest absolute Gasteiger partial charge is 0.393 e. The lowest BCUT2D eigenvalue weighted by Crippen LogP contribution is -2.44. The summed E-state index contributed by atoms with van der Waals surface area (Å²) in [7, 11) is 0. The van der Waals surface area contributed by atoms with Crippen molar-refractivity contribution in [3.8, 4) is 0 Å². The molecule has 3 aliphatic carbocycles. The SMILES string of the molecule is NC(=S)C1CCCN(C(=O)C2C3C4CCC(C4)C23)C1. The van der Waals surface area contributed by atoms with Gasteiger partial charge in [0.25, 0.3) is 0 Å². The van der Waals surface area contributed by atoms with E-state index in [0.717, 1.165) is 49.6 Å². The standard InChI is InChI=1S/C15H22N2OS/c16-14(19)10-2-1-5-17(7-10)15(18)13-11-8-3-4-9(6-8)12(11)13/h8-13H,1-7H2,(H2,16,19). The first kappa shape index (κ1) is 12.1. The lowest BCUT2D eigenvalue weighted by atomic mass is 9.96. The van der Waals surface area contributed by atoms with E-state index < -0.39 is 0 Å². The number of rotatable bonds is 2. The third-order valence-corrected chi connectivity index (χ3v) is 6.49. The molecule has 104 valence electrons. The summed E-state index contributed by atoms with van der Waals surface area (Å²) in [6, 6.07) is 0. The smallest absolute Gasteiger partial charge is 0.226 e. The maximum Gasteiger partial charge on any atom is 0.226 e. The number of amides is 1. The van der Waals surface area contributed by atoms with Gasteiger partial charge in [0.1, 0.15) is 0 Å². The molecule has 1 amide bonds. The number of carbonyl (C=O) groups is 1. The second-order valence-electron chi connectivity index (χ2n) is 7.04. The Kier molecular flexibility index (Phi) is 2.66. The number of likely N-dealkylation sites (tertiary alicyclic amines) is 1. The number of fused-ring (bicyclic) bond motifs is 5. The maximum atomic E-state index is 12.7. The van der Waals surface area contributed by atoms with Crippen LogP contribution < -0.4 is 5.73 Å². The van der Waals surface area contributed by atoms with Gasteiger partial charge in [-0.25, -0.2) is 0 Å². The zero-order valence-electron chi connectivity index (χ0n) is 11.3. The van der Waals surface area contributed by atoms with Crippen molar-refractivity contribution in [1.82, 2.24) is 4.90 Å².